The Morgan fingerprint density at radius 2 is 1.94 bits per heavy atom. The van der Waals surface area contributed by atoms with Crippen LogP contribution in [0.15, 0.2) is 28.3 Å². The van der Waals surface area contributed by atoms with Gasteiger partial charge in [-0.2, -0.15) is 13.2 Å². The molecule has 18 heavy (non-hydrogen) atoms. The first-order valence-corrected chi connectivity index (χ1v) is 5.99. The van der Waals surface area contributed by atoms with Gasteiger partial charge >= 0.3 is 6.18 Å². The Hall–Kier alpha value is -1.68. The molecule has 0 radical (unpaired) electrons. The fourth-order valence-corrected chi connectivity index (χ4v) is 1.64. The average Bonchev–Trinajstić information content (AvgIpc) is 2.23. The lowest BCUT2D eigenvalue weighted by molar-refractivity contribution is -0.115. The summed E-state index contributed by atoms with van der Waals surface area (Å²) in [5.41, 5.74) is -0.694. The van der Waals surface area contributed by atoms with Crippen molar-refractivity contribution in [1.82, 2.24) is 0 Å². The maximum Gasteiger partial charge on any atom is 0.405 e. The van der Waals surface area contributed by atoms with E-state index in [0.29, 0.717) is 0 Å². The summed E-state index contributed by atoms with van der Waals surface area (Å²) in [6, 6.07) is 2.76. The summed E-state index contributed by atoms with van der Waals surface area (Å²) in [5, 5.41) is 9.18. The van der Waals surface area contributed by atoms with Crippen LogP contribution in [0.2, 0.25) is 0 Å². The highest BCUT2D eigenvalue weighted by Crippen LogP contribution is 2.28. The lowest BCUT2D eigenvalue weighted by atomic mass is 10.2. The van der Waals surface area contributed by atoms with Gasteiger partial charge in [-0.25, -0.2) is 13.6 Å². The maximum absolute atomic E-state index is 12.0. The lowest BCUT2D eigenvalue weighted by Gasteiger charge is -2.11. The Morgan fingerprint density at radius 1 is 1.33 bits per heavy atom. The molecule has 0 heterocycles. The summed E-state index contributed by atoms with van der Waals surface area (Å²) >= 11 is 0. The maximum atomic E-state index is 12.0. The molecule has 6 nitrogen and oxygen atoms in total. The Morgan fingerprint density at radius 3 is 2.39 bits per heavy atom. The zero-order valence-corrected chi connectivity index (χ0v) is 9.55. The van der Waals surface area contributed by atoms with Gasteiger partial charge in [0.25, 0.3) is 0 Å². The predicted octanol–water partition coefficient (Wildman–Crippen LogP) is 1.71. The van der Waals surface area contributed by atoms with Gasteiger partial charge in [-0.1, -0.05) is 0 Å². The Kier molecular flexibility index (Phi) is 3.92. The molecule has 1 rings (SSSR count). The standard InChI is InChI=1S/C8H8F3N3O3S/c9-8(10,11)4-13-6-2-1-5(18(12,16)17)3-7(6)14-15/h1-3,13H,4H2,(H2,12,16,17). The van der Waals surface area contributed by atoms with Crippen LogP contribution in [0.3, 0.4) is 0 Å². The van der Waals surface area contributed by atoms with Crippen molar-refractivity contribution in [1.29, 1.82) is 0 Å². The molecule has 0 atom stereocenters. The summed E-state index contributed by atoms with van der Waals surface area (Å²) in [5.74, 6) is 0. The van der Waals surface area contributed by atoms with Crippen LogP contribution in [0, 0.1) is 4.91 Å². The topological polar surface area (TPSA) is 102 Å². The van der Waals surface area contributed by atoms with E-state index in [1.807, 2.05) is 5.32 Å². The van der Waals surface area contributed by atoms with E-state index in [9.17, 15) is 26.5 Å². The molecule has 0 spiro atoms. The SMILES string of the molecule is NS(=O)(=O)c1ccc(NCC(F)(F)F)c(N=O)c1. The zero-order valence-electron chi connectivity index (χ0n) is 8.73. The second-order valence-corrected chi connectivity index (χ2v) is 4.85. The molecule has 0 bridgehead atoms. The molecule has 3 N–H and O–H groups in total. The number of hydrogen-bond acceptors (Lipinski definition) is 5. The number of alkyl halides is 3. The molecule has 0 aliphatic heterocycles. The third kappa shape index (κ3) is 3.96. The van der Waals surface area contributed by atoms with Crippen molar-refractivity contribution >= 4 is 21.4 Å². The van der Waals surface area contributed by atoms with Crippen molar-refractivity contribution in [3.63, 3.8) is 0 Å². The number of hydrogen-bond donors (Lipinski definition) is 2. The predicted molar refractivity (Wildman–Crippen MR) is 57.8 cm³/mol. The first-order valence-electron chi connectivity index (χ1n) is 4.44. The van der Waals surface area contributed by atoms with Crippen molar-refractivity contribution < 1.29 is 21.6 Å². The smallest absolute Gasteiger partial charge is 0.375 e. The number of anilines is 1. The zero-order chi connectivity index (χ0) is 14.0. The molecule has 0 aliphatic rings. The first-order chi connectivity index (χ1) is 8.13. The molecular formula is C8H8F3N3O3S. The molecule has 0 aliphatic carbocycles. The summed E-state index contributed by atoms with van der Waals surface area (Å²) in [6.45, 7) is -1.37. The van der Waals surface area contributed by atoms with Crippen molar-refractivity contribution in [3.05, 3.63) is 23.1 Å². The second kappa shape index (κ2) is 4.90. The van der Waals surface area contributed by atoms with E-state index in [1.54, 1.807) is 0 Å². The van der Waals surface area contributed by atoms with Gasteiger partial charge in [0, 0.05) is 0 Å². The average molecular weight is 283 g/mol. The first kappa shape index (κ1) is 14.4. The molecule has 0 amide bonds. The fraction of sp³-hybridized carbons (Fsp3) is 0.250. The Bertz CT molecular complexity index is 556. The number of nitrogens with two attached hydrogens (primary N) is 1. The molecule has 0 fully saturated rings. The quantitative estimate of drug-likeness (QED) is 0.821. The minimum atomic E-state index is -4.47. The van der Waals surface area contributed by atoms with Gasteiger partial charge in [-0.15, -0.1) is 4.91 Å². The van der Waals surface area contributed by atoms with Crippen molar-refractivity contribution in [3.8, 4) is 0 Å². The lowest BCUT2D eigenvalue weighted by Crippen LogP contribution is -2.21. The van der Waals surface area contributed by atoms with Gasteiger partial charge in [-0.3, -0.25) is 0 Å². The van der Waals surface area contributed by atoms with Crippen molar-refractivity contribution in [2.24, 2.45) is 10.3 Å². The number of nitrogens with zero attached hydrogens (tertiary/aromatic N) is 1. The molecular weight excluding hydrogens is 275 g/mol. The number of halogens is 3. The van der Waals surface area contributed by atoms with Crippen molar-refractivity contribution in [2.75, 3.05) is 11.9 Å². The largest absolute Gasteiger partial charge is 0.405 e. The molecule has 0 saturated carbocycles. The Balaban J connectivity index is 3.05. The van der Waals surface area contributed by atoms with Crippen LogP contribution in [-0.2, 0) is 10.0 Å². The van der Waals surface area contributed by atoms with Crippen LogP contribution < -0.4 is 10.5 Å². The number of rotatable bonds is 4. The van der Waals surface area contributed by atoms with Gasteiger partial charge in [0.15, 0.2) is 0 Å². The van der Waals surface area contributed by atoms with Gasteiger partial charge in [0.1, 0.15) is 12.2 Å². The fourth-order valence-electron chi connectivity index (χ4n) is 1.11. The Labute approximate surface area is 100 Å². The van der Waals surface area contributed by atoms with E-state index >= 15 is 0 Å². The van der Waals surface area contributed by atoms with E-state index in [-0.39, 0.29) is 5.69 Å². The highest BCUT2D eigenvalue weighted by atomic mass is 32.2. The molecule has 1 aromatic rings. The monoisotopic (exact) mass is 283 g/mol. The molecule has 0 unspecified atom stereocenters. The van der Waals surface area contributed by atoms with E-state index in [0.717, 1.165) is 18.2 Å². The third-order valence-corrected chi connectivity index (χ3v) is 2.79. The highest BCUT2D eigenvalue weighted by molar-refractivity contribution is 7.89. The highest BCUT2D eigenvalue weighted by Gasteiger charge is 2.27. The van der Waals surface area contributed by atoms with Crippen LogP contribution in [0.5, 0.6) is 0 Å². The third-order valence-electron chi connectivity index (χ3n) is 1.88. The van der Waals surface area contributed by atoms with Crippen molar-refractivity contribution in [2.45, 2.75) is 11.1 Å². The van der Waals surface area contributed by atoms with Crippen LogP contribution in [-0.4, -0.2) is 21.1 Å². The minimum absolute atomic E-state index is 0.227. The summed E-state index contributed by atoms with van der Waals surface area (Å²) in [4.78, 5) is 10.0. The number of nitroso groups, excluding NO2 is 1. The summed E-state index contributed by atoms with van der Waals surface area (Å²) in [7, 11) is -4.04. The number of primary sulfonamides is 1. The van der Waals surface area contributed by atoms with Gasteiger partial charge in [0.2, 0.25) is 10.0 Å². The number of nitrogens with one attached hydrogen (secondary N) is 1. The van der Waals surface area contributed by atoms with E-state index in [4.69, 9.17) is 5.14 Å². The summed E-state index contributed by atoms with van der Waals surface area (Å²) < 4.78 is 57.8. The van der Waals surface area contributed by atoms with Crippen LogP contribution in [0.4, 0.5) is 24.5 Å². The van der Waals surface area contributed by atoms with E-state index in [2.05, 4.69) is 5.18 Å². The van der Waals surface area contributed by atoms with Crippen LogP contribution >= 0.6 is 0 Å². The van der Waals surface area contributed by atoms with Gasteiger partial charge < -0.3 is 5.32 Å². The molecule has 0 aromatic heterocycles. The van der Waals surface area contributed by atoms with E-state index in [1.165, 1.54) is 0 Å². The van der Waals surface area contributed by atoms with Crippen LogP contribution in [0.25, 0.3) is 0 Å². The molecule has 100 valence electrons. The van der Waals surface area contributed by atoms with E-state index < -0.39 is 33.3 Å². The second-order valence-electron chi connectivity index (χ2n) is 3.28. The van der Waals surface area contributed by atoms with Gasteiger partial charge in [0.05, 0.1) is 10.6 Å². The van der Waals surface area contributed by atoms with Crippen LogP contribution in [0.1, 0.15) is 0 Å². The minimum Gasteiger partial charge on any atom is -0.375 e. The molecule has 10 heteroatoms. The molecule has 1 aromatic carbocycles. The normalized spacial score (nSPS) is 12.2. The summed E-state index contributed by atoms with van der Waals surface area (Å²) in [6.07, 6.45) is -4.47. The van der Waals surface area contributed by atoms with Gasteiger partial charge in [-0.05, 0) is 23.4 Å². The number of sulfonamides is 1. The molecule has 0 saturated heterocycles. The number of benzene rings is 1.